The first-order valence-electron chi connectivity index (χ1n) is 8.39. The van der Waals surface area contributed by atoms with Crippen molar-refractivity contribution in [3.8, 4) is 0 Å². The van der Waals surface area contributed by atoms with Gasteiger partial charge >= 0.3 is 0 Å². The molecule has 0 bridgehead atoms. The van der Waals surface area contributed by atoms with Crippen LogP contribution in [0.1, 0.15) is 19.8 Å². The predicted molar refractivity (Wildman–Crippen MR) is 89.6 cm³/mol. The van der Waals surface area contributed by atoms with Crippen molar-refractivity contribution in [3.63, 3.8) is 0 Å². The molecule has 0 aromatic carbocycles. The molecular formula is C17H24N4O3. The molecule has 3 heterocycles. The van der Waals surface area contributed by atoms with Crippen molar-refractivity contribution in [2.45, 2.75) is 25.4 Å². The zero-order valence-corrected chi connectivity index (χ0v) is 14.0. The van der Waals surface area contributed by atoms with Crippen molar-refractivity contribution >= 4 is 17.5 Å². The number of carbonyl (C=O) groups is 2. The van der Waals surface area contributed by atoms with Crippen LogP contribution in [0.2, 0.25) is 0 Å². The van der Waals surface area contributed by atoms with Gasteiger partial charge in [0.15, 0.2) is 0 Å². The minimum absolute atomic E-state index is 0.0497. The molecule has 1 aromatic rings. The van der Waals surface area contributed by atoms with E-state index in [1.165, 1.54) is 6.92 Å². The zero-order valence-electron chi connectivity index (χ0n) is 14.0. The maximum Gasteiger partial charge on any atom is 0.242 e. The van der Waals surface area contributed by atoms with Gasteiger partial charge in [0, 0.05) is 32.8 Å². The van der Waals surface area contributed by atoms with E-state index in [1.807, 2.05) is 17.2 Å². The second kappa shape index (κ2) is 7.17. The van der Waals surface area contributed by atoms with Crippen LogP contribution >= 0.6 is 0 Å². The summed E-state index contributed by atoms with van der Waals surface area (Å²) in [6.45, 7) is 4.87. The van der Waals surface area contributed by atoms with E-state index in [1.54, 1.807) is 6.20 Å². The molecule has 2 amide bonds. The van der Waals surface area contributed by atoms with Crippen LogP contribution in [0.4, 0.5) is 5.69 Å². The first-order chi connectivity index (χ1) is 11.6. The van der Waals surface area contributed by atoms with Crippen molar-refractivity contribution in [3.05, 3.63) is 24.5 Å². The standard InChI is InChI=1S/C17H24N4O3/c1-14(22)19-11-16(23)21-8-9-24-17(13-21)5-3-7-20(12-17)15-4-2-6-18-10-15/h2,4,6,10H,3,5,7-9,11-13H2,1H3,(H,19,22)/t17-/m0/s1. The highest BCUT2D eigenvalue weighted by molar-refractivity contribution is 5.83. The monoisotopic (exact) mass is 332 g/mol. The number of hydrogen-bond donors (Lipinski definition) is 1. The average molecular weight is 332 g/mol. The minimum atomic E-state index is -0.335. The molecule has 2 saturated heterocycles. The summed E-state index contributed by atoms with van der Waals surface area (Å²) in [5, 5.41) is 2.58. The van der Waals surface area contributed by atoms with Gasteiger partial charge in [-0.1, -0.05) is 0 Å². The first kappa shape index (κ1) is 16.7. The molecule has 2 aliphatic heterocycles. The Labute approximate surface area is 142 Å². The number of amides is 2. The van der Waals surface area contributed by atoms with Gasteiger partial charge in [-0.15, -0.1) is 0 Å². The molecule has 1 spiro atoms. The Morgan fingerprint density at radius 2 is 2.25 bits per heavy atom. The number of morpholine rings is 1. The summed E-state index contributed by atoms with van der Waals surface area (Å²) in [7, 11) is 0. The molecule has 2 aliphatic rings. The number of nitrogens with zero attached hydrogens (tertiary/aromatic N) is 3. The van der Waals surface area contributed by atoms with Crippen LogP contribution < -0.4 is 10.2 Å². The molecule has 0 saturated carbocycles. The largest absolute Gasteiger partial charge is 0.369 e. The number of hydrogen-bond acceptors (Lipinski definition) is 5. The third-order valence-electron chi connectivity index (χ3n) is 4.64. The van der Waals surface area contributed by atoms with Crippen molar-refractivity contribution < 1.29 is 14.3 Å². The second-order valence-corrected chi connectivity index (χ2v) is 6.49. The summed E-state index contributed by atoms with van der Waals surface area (Å²) < 4.78 is 6.12. The van der Waals surface area contributed by atoms with E-state index in [-0.39, 0.29) is 24.0 Å². The fourth-order valence-electron chi connectivity index (χ4n) is 3.48. The molecule has 2 fully saturated rings. The number of ether oxygens (including phenoxy) is 1. The normalized spacial score (nSPS) is 24.0. The van der Waals surface area contributed by atoms with Crippen molar-refractivity contribution in [2.75, 3.05) is 44.2 Å². The van der Waals surface area contributed by atoms with Gasteiger partial charge in [0.05, 0.1) is 31.6 Å². The maximum atomic E-state index is 12.3. The van der Waals surface area contributed by atoms with Crippen molar-refractivity contribution in [2.24, 2.45) is 0 Å². The first-order valence-corrected chi connectivity index (χ1v) is 8.39. The van der Waals surface area contributed by atoms with Gasteiger partial charge in [0.1, 0.15) is 5.60 Å². The van der Waals surface area contributed by atoms with E-state index in [2.05, 4.69) is 21.3 Å². The number of pyridine rings is 1. The second-order valence-electron chi connectivity index (χ2n) is 6.49. The summed E-state index contributed by atoms with van der Waals surface area (Å²) >= 11 is 0. The molecular weight excluding hydrogens is 308 g/mol. The van der Waals surface area contributed by atoms with Crippen LogP contribution in [0.5, 0.6) is 0 Å². The maximum absolute atomic E-state index is 12.3. The molecule has 7 heteroatoms. The van der Waals surface area contributed by atoms with E-state index in [0.29, 0.717) is 19.7 Å². The predicted octanol–water partition coefficient (Wildman–Crippen LogP) is 0.416. The van der Waals surface area contributed by atoms with Gasteiger partial charge in [-0.25, -0.2) is 0 Å². The molecule has 1 atom stereocenters. The van der Waals surface area contributed by atoms with E-state index in [9.17, 15) is 9.59 Å². The fourth-order valence-corrected chi connectivity index (χ4v) is 3.48. The third-order valence-corrected chi connectivity index (χ3v) is 4.64. The zero-order chi connectivity index (χ0) is 17.0. The van der Waals surface area contributed by atoms with Gasteiger partial charge in [-0.05, 0) is 25.0 Å². The minimum Gasteiger partial charge on any atom is -0.369 e. The molecule has 3 rings (SSSR count). The lowest BCUT2D eigenvalue weighted by atomic mass is 9.90. The van der Waals surface area contributed by atoms with Crippen LogP contribution in [0, 0.1) is 0 Å². The Balaban J connectivity index is 1.66. The van der Waals surface area contributed by atoms with Crippen LogP contribution in [0.25, 0.3) is 0 Å². The molecule has 24 heavy (non-hydrogen) atoms. The van der Waals surface area contributed by atoms with Crippen LogP contribution in [-0.2, 0) is 14.3 Å². The lowest BCUT2D eigenvalue weighted by Gasteiger charge is -2.48. The molecule has 0 unspecified atom stereocenters. The third kappa shape index (κ3) is 3.84. The van der Waals surface area contributed by atoms with Crippen molar-refractivity contribution in [1.82, 2.24) is 15.2 Å². The quantitative estimate of drug-likeness (QED) is 0.868. The smallest absolute Gasteiger partial charge is 0.242 e. The van der Waals surface area contributed by atoms with Crippen molar-refractivity contribution in [1.29, 1.82) is 0 Å². The lowest BCUT2D eigenvalue weighted by molar-refractivity contribution is -0.151. The Morgan fingerprint density at radius 3 is 3.00 bits per heavy atom. The van der Waals surface area contributed by atoms with Crippen LogP contribution in [-0.4, -0.2) is 66.6 Å². The SMILES string of the molecule is CC(=O)NCC(=O)N1CCO[C@]2(CCCN(c3cccnc3)C2)C1. The van der Waals surface area contributed by atoms with E-state index in [4.69, 9.17) is 4.74 Å². The molecule has 0 aliphatic carbocycles. The Bertz CT molecular complexity index is 591. The Morgan fingerprint density at radius 1 is 1.38 bits per heavy atom. The van der Waals surface area contributed by atoms with Gasteiger partial charge < -0.3 is 19.9 Å². The average Bonchev–Trinajstić information content (AvgIpc) is 2.60. The molecule has 130 valence electrons. The van der Waals surface area contributed by atoms with Gasteiger partial charge in [0.25, 0.3) is 0 Å². The summed E-state index contributed by atoms with van der Waals surface area (Å²) in [4.78, 5) is 31.6. The highest BCUT2D eigenvalue weighted by atomic mass is 16.5. The topological polar surface area (TPSA) is 74.8 Å². The summed E-state index contributed by atoms with van der Waals surface area (Å²) in [5.41, 5.74) is 0.750. The number of aromatic nitrogens is 1. The number of carbonyl (C=O) groups excluding carboxylic acids is 2. The fraction of sp³-hybridized carbons (Fsp3) is 0.588. The number of anilines is 1. The number of nitrogens with one attached hydrogen (secondary N) is 1. The van der Waals surface area contributed by atoms with E-state index >= 15 is 0 Å². The number of rotatable bonds is 3. The summed E-state index contributed by atoms with van der Waals surface area (Å²) in [6, 6.07) is 3.98. The molecule has 1 N–H and O–H groups in total. The highest BCUT2D eigenvalue weighted by Gasteiger charge is 2.41. The highest BCUT2D eigenvalue weighted by Crippen LogP contribution is 2.31. The van der Waals surface area contributed by atoms with Gasteiger partial charge in [-0.2, -0.15) is 0 Å². The van der Waals surface area contributed by atoms with Crippen LogP contribution in [0.3, 0.4) is 0 Å². The molecule has 0 radical (unpaired) electrons. The number of piperidine rings is 1. The van der Waals surface area contributed by atoms with E-state index < -0.39 is 0 Å². The van der Waals surface area contributed by atoms with Gasteiger partial charge in [0.2, 0.25) is 11.8 Å². The summed E-state index contributed by atoms with van der Waals surface area (Å²) in [5.74, 6) is -0.238. The van der Waals surface area contributed by atoms with Gasteiger partial charge in [-0.3, -0.25) is 14.6 Å². The van der Waals surface area contributed by atoms with Crippen LogP contribution in [0.15, 0.2) is 24.5 Å². The summed E-state index contributed by atoms with van der Waals surface area (Å²) in [6.07, 6.45) is 5.58. The molecule has 1 aromatic heterocycles. The van der Waals surface area contributed by atoms with E-state index in [0.717, 1.165) is 31.6 Å². The Hall–Kier alpha value is -2.15. The Kier molecular flexibility index (Phi) is 4.99. The lowest BCUT2D eigenvalue weighted by Crippen LogP contribution is -2.61. The molecule has 7 nitrogen and oxygen atoms in total.